The van der Waals surface area contributed by atoms with Gasteiger partial charge in [0.25, 0.3) is 5.91 Å². The van der Waals surface area contributed by atoms with Crippen LogP contribution in [-0.4, -0.2) is 65.8 Å². The summed E-state index contributed by atoms with van der Waals surface area (Å²) in [6.07, 6.45) is 3.88. The van der Waals surface area contributed by atoms with Crippen molar-refractivity contribution in [1.29, 1.82) is 0 Å². The number of carbonyl (C=O) groups excluding carboxylic acids is 2. The van der Waals surface area contributed by atoms with Crippen LogP contribution >= 0.6 is 0 Å². The van der Waals surface area contributed by atoms with Gasteiger partial charge < -0.3 is 14.7 Å². The molecule has 2 aromatic rings. The van der Waals surface area contributed by atoms with E-state index < -0.39 is 0 Å². The maximum atomic E-state index is 13.0. The summed E-state index contributed by atoms with van der Waals surface area (Å²) in [4.78, 5) is 32.5. The Kier molecular flexibility index (Phi) is 7.95. The molecular weight excluding hydrogens is 434 g/mol. The van der Waals surface area contributed by atoms with Gasteiger partial charge in [-0.15, -0.1) is 0 Å². The fraction of sp³-hybridized carbons (Fsp3) is 0.533. The highest BCUT2D eigenvalue weighted by Gasteiger charge is 2.32. The van der Waals surface area contributed by atoms with Crippen molar-refractivity contribution < 1.29 is 9.59 Å². The summed E-state index contributed by atoms with van der Waals surface area (Å²) in [5.41, 5.74) is 3.30. The molecule has 2 heterocycles. The quantitative estimate of drug-likeness (QED) is 0.614. The number of rotatable bonds is 5. The Morgan fingerprint density at radius 2 is 1.46 bits per heavy atom. The molecule has 0 saturated carbocycles. The van der Waals surface area contributed by atoms with E-state index in [-0.39, 0.29) is 23.1 Å². The summed E-state index contributed by atoms with van der Waals surface area (Å²) in [5.74, 6) is 0.541. The first-order valence-corrected chi connectivity index (χ1v) is 13.1. The van der Waals surface area contributed by atoms with Crippen LogP contribution in [0.25, 0.3) is 0 Å². The molecular formula is C30H41N3O2. The van der Waals surface area contributed by atoms with E-state index >= 15 is 0 Å². The second-order valence-electron chi connectivity index (χ2n) is 11.3. The largest absolute Gasteiger partial charge is 0.341 e. The molecule has 0 spiro atoms. The van der Waals surface area contributed by atoms with E-state index in [0.29, 0.717) is 12.6 Å². The van der Waals surface area contributed by atoms with Crippen molar-refractivity contribution in [3.05, 3.63) is 71.3 Å². The minimum Gasteiger partial charge on any atom is -0.341 e. The molecule has 0 aromatic heterocycles. The minimum absolute atomic E-state index is 0.0926. The Morgan fingerprint density at radius 3 is 2.03 bits per heavy atom. The number of piperidine rings is 2. The molecule has 5 heteroatoms. The van der Waals surface area contributed by atoms with Crippen LogP contribution in [0, 0.1) is 5.92 Å². The second-order valence-corrected chi connectivity index (χ2v) is 11.3. The zero-order chi connectivity index (χ0) is 25.0. The molecule has 2 aliphatic heterocycles. The van der Waals surface area contributed by atoms with Gasteiger partial charge in [0.2, 0.25) is 5.91 Å². The maximum Gasteiger partial charge on any atom is 0.253 e. The topological polar surface area (TPSA) is 43.9 Å². The Morgan fingerprint density at radius 1 is 0.857 bits per heavy atom. The van der Waals surface area contributed by atoms with Crippen LogP contribution in [0.15, 0.2) is 54.6 Å². The Hall–Kier alpha value is -2.66. The van der Waals surface area contributed by atoms with Gasteiger partial charge in [-0.2, -0.15) is 0 Å². The molecule has 2 fully saturated rings. The summed E-state index contributed by atoms with van der Waals surface area (Å²) >= 11 is 0. The second kappa shape index (κ2) is 10.9. The molecule has 35 heavy (non-hydrogen) atoms. The van der Waals surface area contributed by atoms with E-state index in [0.717, 1.165) is 57.4 Å². The Labute approximate surface area is 211 Å². The van der Waals surface area contributed by atoms with Gasteiger partial charge in [0.1, 0.15) is 0 Å². The van der Waals surface area contributed by atoms with Gasteiger partial charge >= 0.3 is 0 Å². The summed E-state index contributed by atoms with van der Waals surface area (Å²) in [6, 6.07) is 18.8. The average Bonchev–Trinajstić information content (AvgIpc) is 2.88. The molecule has 0 radical (unpaired) electrons. The molecule has 2 amide bonds. The van der Waals surface area contributed by atoms with E-state index in [9.17, 15) is 9.59 Å². The van der Waals surface area contributed by atoms with Crippen LogP contribution in [0.3, 0.4) is 0 Å². The molecule has 0 bridgehead atoms. The van der Waals surface area contributed by atoms with E-state index in [1.807, 2.05) is 47.2 Å². The predicted molar refractivity (Wildman–Crippen MR) is 141 cm³/mol. The van der Waals surface area contributed by atoms with Crippen molar-refractivity contribution in [2.45, 2.75) is 64.5 Å². The van der Waals surface area contributed by atoms with Crippen molar-refractivity contribution in [3.8, 4) is 0 Å². The standard InChI is InChI=1S/C30H41N3O2/c1-30(2,3)26-12-10-24(11-13-26)29(35)33-20-16-27(17-21-33)32-18-14-25(15-19-32)28(34)31(4)22-23-8-6-5-7-9-23/h5-13,25,27H,14-22H2,1-4H3. The van der Waals surface area contributed by atoms with Crippen molar-refractivity contribution in [3.63, 3.8) is 0 Å². The third-order valence-corrected chi connectivity index (χ3v) is 7.78. The highest BCUT2D eigenvalue weighted by molar-refractivity contribution is 5.94. The van der Waals surface area contributed by atoms with E-state index in [2.05, 4.69) is 49.9 Å². The molecule has 0 atom stereocenters. The van der Waals surface area contributed by atoms with Gasteiger partial charge in [-0.1, -0.05) is 63.2 Å². The first-order valence-electron chi connectivity index (χ1n) is 13.1. The number of hydrogen-bond donors (Lipinski definition) is 0. The van der Waals surface area contributed by atoms with Crippen molar-refractivity contribution in [1.82, 2.24) is 14.7 Å². The zero-order valence-corrected chi connectivity index (χ0v) is 21.9. The Balaban J connectivity index is 1.22. The summed E-state index contributed by atoms with van der Waals surface area (Å²) < 4.78 is 0. The molecule has 5 nitrogen and oxygen atoms in total. The summed E-state index contributed by atoms with van der Waals surface area (Å²) in [6.45, 7) is 10.8. The first-order chi connectivity index (χ1) is 16.7. The lowest BCUT2D eigenvalue weighted by Crippen LogP contribution is -2.50. The van der Waals surface area contributed by atoms with E-state index in [4.69, 9.17) is 0 Å². The minimum atomic E-state index is 0.0926. The van der Waals surface area contributed by atoms with Gasteiger partial charge in [0.05, 0.1) is 0 Å². The van der Waals surface area contributed by atoms with Gasteiger partial charge in [-0.25, -0.2) is 0 Å². The lowest BCUT2D eigenvalue weighted by atomic mass is 9.86. The maximum absolute atomic E-state index is 13.0. The first kappa shape index (κ1) is 25.4. The van der Waals surface area contributed by atoms with Crippen LogP contribution < -0.4 is 0 Å². The number of benzene rings is 2. The summed E-state index contributed by atoms with van der Waals surface area (Å²) in [7, 11) is 1.92. The molecule has 4 rings (SSSR count). The van der Waals surface area contributed by atoms with Crippen molar-refractivity contribution >= 4 is 11.8 Å². The number of nitrogens with zero attached hydrogens (tertiary/aromatic N) is 3. The van der Waals surface area contributed by atoms with Crippen LogP contribution in [-0.2, 0) is 16.8 Å². The SMILES string of the molecule is CN(Cc1ccccc1)C(=O)C1CCN(C2CCN(C(=O)c3ccc(C(C)(C)C)cc3)CC2)CC1. The third-order valence-electron chi connectivity index (χ3n) is 7.78. The fourth-order valence-electron chi connectivity index (χ4n) is 5.49. The highest BCUT2D eigenvalue weighted by Crippen LogP contribution is 2.27. The van der Waals surface area contributed by atoms with Crippen molar-refractivity contribution in [2.24, 2.45) is 5.92 Å². The molecule has 2 aliphatic rings. The number of carbonyl (C=O) groups is 2. The average molecular weight is 476 g/mol. The molecule has 0 N–H and O–H groups in total. The van der Waals surface area contributed by atoms with Crippen molar-refractivity contribution in [2.75, 3.05) is 33.2 Å². The van der Waals surface area contributed by atoms with Gasteiger partial charge in [-0.05, 0) is 67.4 Å². The van der Waals surface area contributed by atoms with Gasteiger partial charge in [0, 0.05) is 44.2 Å². The predicted octanol–water partition coefficient (Wildman–Crippen LogP) is 4.96. The molecule has 2 aromatic carbocycles. The Bertz CT molecular complexity index is 981. The molecule has 0 aliphatic carbocycles. The van der Waals surface area contributed by atoms with Crippen LogP contribution in [0.2, 0.25) is 0 Å². The number of likely N-dealkylation sites (tertiary alicyclic amines) is 2. The normalized spacial score (nSPS) is 18.5. The highest BCUT2D eigenvalue weighted by atomic mass is 16.2. The van der Waals surface area contributed by atoms with E-state index in [1.54, 1.807) is 0 Å². The number of amides is 2. The third kappa shape index (κ3) is 6.32. The molecule has 188 valence electrons. The lowest BCUT2D eigenvalue weighted by molar-refractivity contribution is -0.136. The van der Waals surface area contributed by atoms with Gasteiger partial charge in [0.15, 0.2) is 0 Å². The monoisotopic (exact) mass is 475 g/mol. The molecule has 2 saturated heterocycles. The van der Waals surface area contributed by atoms with Crippen LogP contribution in [0.5, 0.6) is 0 Å². The zero-order valence-electron chi connectivity index (χ0n) is 21.9. The van der Waals surface area contributed by atoms with Gasteiger partial charge in [-0.3, -0.25) is 9.59 Å². The van der Waals surface area contributed by atoms with E-state index in [1.165, 1.54) is 11.1 Å². The number of hydrogen-bond acceptors (Lipinski definition) is 3. The molecule has 0 unspecified atom stereocenters. The summed E-state index contributed by atoms with van der Waals surface area (Å²) in [5, 5.41) is 0. The fourth-order valence-corrected chi connectivity index (χ4v) is 5.49. The lowest BCUT2D eigenvalue weighted by Gasteiger charge is -2.42. The van der Waals surface area contributed by atoms with Crippen LogP contribution in [0.1, 0.15) is 67.9 Å². The smallest absolute Gasteiger partial charge is 0.253 e. The van der Waals surface area contributed by atoms with Crippen LogP contribution in [0.4, 0.5) is 0 Å².